The molecule has 0 aromatic rings. The molecular weight excluding hydrogens is 176 g/mol. The van der Waals surface area contributed by atoms with Gasteiger partial charge in [0.1, 0.15) is 6.42 Å². The summed E-state index contributed by atoms with van der Waals surface area (Å²) in [6.45, 7) is 4.89. The lowest BCUT2D eigenvalue weighted by Gasteiger charge is -2.32. The molecule has 1 rings (SSSR count). The lowest BCUT2D eigenvalue weighted by atomic mass is 10.4. The molecule has 5 heteroatoms. The zero-order chi connectivity index (χ0) is 10.1. The Labute approximate surface area is 76.0 Å². The zero-order valence-corrected chi connectivity index (χ0v) is 7.83. The van der Waals surface area contributed by atoms with E-state index in [-0.39, 0.29) is 12.5 Å². The van der Waals surface area contributed by atoms with Gasteiger partial charge in [-0.05, 0) is 13.8 Å². The van der Waals surface area contributed by atoms with Crippen LogP contribution in [0.1, 0.15) is 27.2 Å². The Balaban J connectivity index is 2.66. The summed E-state index contributed by atoms with van der Waals surface area (Å²) in [6.07, 6.45) is -0.541. The fourth-order valence-electron chi connectivity index (χ4n) is 1.10. The van der Waals surface area contributed by atoms with E-state index in [0.29, 0.717) is 0 Å². The molecule has 1 heterocycles. The Kier molecular flexibility index (Phi) is 2.56. The minimum absolute atomic E-state index is 0.191. The third kappa shape index (κ3) is 2.69. The van der Waals surface area contributed by atoms with E-state index in [4.69, 9.17) is 14.2 Å². The van der Waals surface area contributed by atoms with Crippen LogP contribution in [0.25, 0.3) is 0 Å². The summed E-state index contributed by atoms with van der Waals surface area (Å²) >= 11 is 0. The van der Waals surface area contributed by atoms with Crippen LogP contribution in [0, 0.1) is 0 Å². The van der Waals surface area contributed by atoms with Crippen molar-refractivity contribution in [3.05, 3.63) is 0 Å². The van der Waals surface area contributed by atoms with Gasteiger partial charge < -0.3 is 14.2 Å². The van der Waals surface area contributed by atoms with Crippen LogP contribution in [0.4, 0.5) is 0 Å². The van der Waals surface area contributed by atoms with Gasteiger partial charge in [-0.15, -0.1) is 0 Å². The van der Waals surface area contributed by atoms with Gasteiger partial charge in [-0.2, -0.15) is 0 Å². The highest BCUT2D eigenvalue weighted by Gasteiger charge is 2.41. The van der Waals surface area contributed by atoms with Crippen molar-refractivity contribution in [3.63, 3.8) is 0 Å². The number of carbonyl (C=O) groups excluding carboxylic acids is 2. The molecule has 13 heavy (non-hydrogen) atoms. The maximum atomic E-state index is 10.9. The van der Waals surface area contributed by atoms with Crippen molar-refractivity contribution >= 4 is 11.9 Å². The maximum absolute atomic E-state index is 10.9. The van der Waals surface area contributed by atoms with Crippen LogP contribution in [0.2, 0.25) is 0 Å². The molecule has 0 bridgehead atoms. The second-order valence-corrected chi connectivity index (χ2v) is 3.15. The van der Waals surface area contributed by atoms with E-state index < -0.39 is 17.9 Å². The zero-order valence-electron chi connectivity index (χ0n) is 7.83. The van der Waals surface area contributed by atoms with E-state index in [2.05, 4.69) is 0 Å². The second kappa shape index (κ2) is 3.33. The molecule has 0 N–H and O–H groups in total. The number of cyclic esters (lactones) is 2. The third-order valence-corrected chi connectivity index (χ3v) is 1.34. The van der Waals surface area contributed by atoms with Crippen LogP contribution in [0.15, 0.2) is 0 Å². The van der Waals surface area contributed by atoms with Crippen molar-refractivity contribution < 1.29 is 23.8 Å². The first kappa shape index (κ1) is 9.98. The van der Waals surface area contributed by atoms with E-state index in [9.17, 15) is 9.59 Å². The van der Waals surface area contributed by atoms with Crippen molar-refractivity contribution in [1.29, 1.82) is 0 Å². The van der Waals surface area contributed by atoms with E-state index in [1.54, 1.807) is 13.8 Å². The molecule has 0 amide bonds. The topological polar surface area (TPSA) is 61.8 Å². The summed E-state index contributed by atoms with van der Waals surface area (Å²) in [4.78, 5) is 21.7. The van der Waals surface area contributed by atoms with Gasteiger partial charge in [0.25, 0.3) is 0 Å². The van der Waals surface area contributed by atoms with Gasteiger partial charge in [-0.3, -0.25) is 9.59 Å². The molecule has 0 atom stereocenters. The van der Waals surface area contributed by atoms with Crippen molar-refractivity contribution in [2.75, 3.05) is 0 Å². The lowest BCUT2D eigenvalue weighted by Crippen LogP contribution is -2.46. The van der Waals surface area contributed by atoms with Crippen molar-refractivity contribution in [2.45, 2.75) is 39.3 Å². The number of esters is 2. The summed E-state index contributed by atoms with van der Waals surface area (Å²) in [6, 6.07) is 0. The molecule has 0 aromatic heterocycles. The predicted octanol–water partition coefficient (Wildman–Crippen LogP) is 0.575. The number of rotatable bonds is 2. The molecule has 0 radical (unpaired) electrons. The first-order valence-corrected chi connectivity index (χ1v) is 4.03. The minimum atomic E-state index is -1.55. The van der Waals surface area contributed by atoms with Gasteiger partial charge in [-0.1, -0.05) is 0 Å². The lowest BCUT2D eigenvalue weighted by molar-refractivity contribution is -0.354. The Morgan fingerprint density at radius 2 is 1.77 bits per heavy atom. The molecule has 0 spiro atoms. The van der Waals surface area contributed by atoms with Gasteiger partial charge in [-0.25, -0.2) is 0 Å². The first-order valence-electron chi connectivity index (χ1n) is 4.03. The van der Waals surface area contributed by atoms with Crippen molar-refractivity contribution in [3.8, 4) is 0 Å². The monoisotopic (exact) mass is 188 g/mol. The fourth-order valence-corrected chi connectivity index (χ4v) is 1.10. The predicted molar refractivity (Wildman–Crippen MR) is 41.4 cm³/mol. The SMILES string of the molecule is CC(C)OC1(C)OC(=O)CC(=O)O1. The molecule has 1 aliphatic rings. The highest BCUT2D eigenvalue weighted by Crippen LogP contribution is 2.22. The Morgan fingerprint density at radius 3 is 2.15 bits per heavy atom. The van der Waals surface area contributed by atoms with Crippen molar-refractivity contribution in [1.82, 2.24) is 0 Å². The smallest absolute Gasteiger partial charge is 0.373 e. The molecule has 74 valence electrons. The maximum Gasteiger partial charge on any atom is 0.373 e. The van der Waals surface area contributed by atoms with Crippen molar-refractivity contribution in [2.24, 2.45) is 0 Å². The van der Waals surface area contributed by atoms with Gasteiger partial charge >= 0.3 is 17.9 Å². The molecule has 5 nitrogen and oxygen atoms in total. The van der Waals surface area contributed by atoms with Gasteiger partial charge in [0, 0.05) is 6.92 Å². The standard InChI is InChI=1S/C8H12O5/c1-5(2)11-8(3)12-6(9)4-7(10)13-8/h5H,4H2,1-3H3. The highest BCUT2D eigenvalue weighted by molar-refractivity contribution is 5.92. The Bertz CT molecular complexity index is 217. The summed E-state index contributed by atoms with van der Waals surface area (Å²) in [5.74, 6) is -2.81. The van der Waals surface area contributed by atoms with E-state index in [0.717, 1.165) is 0 Å². The molecule has 0 aliphatic carbocycles. The molecule has 0 unspecified atom stereocenters. The fraction of sp³-hybridized carbons (Fsp3) is 0.750. The van der Waals surface area contributed by atoms with Gasteiger partial charge in [0.2, 0.25) is 0 Å². The Morgan fingerprint density at radius 1 is 1.31 bits per heavy atom. The van der Waals surface area contributed by atoms with Crippen LogP contribution in [0.3, 0.4) is 0 Å². The molecule has 1 saturated heterocycles. The number of ether oxygens (including phenoxy) is 3. The molecule has 0 aromatic carbocycles. The van der Waals surface area contributed by atoms with Crippen LogP contribution in [0.5, 0.6) is 0 Å². The van der Waals surface area contributed by atoms with E-state index in [1.165, 1.54) is 6.92 Å². The number of hydrogen-bond donors (Lipinski definition) is 0. The van der Waals surface area contributed by atoms with E-state index >= 15 is 0 Å². The Hall–Kier alpha value is -1.10. The van der Waals surface area contributed by atoms with Crippen LogP contribution < -0.4 is 0 Å². The number of carbonyl (C=O) groups is 2. The summed E-state index contributed by atoms with van der Waals surface area (Å²) in [5, 5.41) is 0. The second-order valence-electron chi connectivity index (χ2n) is 3.15. The molecule has 1 aliphatic heterocycles. The van der Waals surface area contributed by atoms with Crippen LogP contribution in [-0.2, 0) is 23.8 Å². The first-order chi connectivity index (χ1) is 5.91. The minimum Gasteiger partial charge on any atom is -0.398 e. The van der Waals surface area contributed by atoms with Crippen LogP contribution in [-0.4, -0.2) is 24.0 Å². The van der Waals surface area contributed by atoms with E-state index in [1.807, 2.05) is 0 Å². The molecule has 1 fully saturated rings. The summed E-state index contributed by atoms with van der Waals surface area (Å²) < 4.78 is 14.6. The van der Waals surface area contributed by atoms with Gasteiger partial charge in [0.15, 0.2) is 0 Å². The average Bonchev–Trinajstić information content (AvgIpc) is 1.77. The van der Waals surface area contributed by atoms with Gasteiger partial charge in [0.05, 0.1) is 6.10 Å². The quantitative estimate of drug-likeness (QED) is 0.468. The van der Waals surface area contributed by atoms with Crippen LogP contribution >= 0.6 is 0 Å². The largest absolute Gasteiger partial charge is 0.398 e. The molecular formula is C8H12O5. The number of hydrogen-bond acceptors (Lipinski definition) is 5. The summed E-state index contributed by atoms with van der Waals surface area (Å²) in [7, 11) is 0. The summed E-state index contributed by atoms with van der Waals surface area (Å²) in [5.41, 5.74) is 0. The third-order valence-electron chi connectivity index (χ3n) is 1.34. The average molecular weight is 188 g/mol. The molecule has 0 saturated carbocycles. The normalized spacial score (nSPS) is 21.2. The highest BCUT2D eigenvalue weighted by atomic mass is 16.9.